The van der Waals surface area contributed by atoms with E-state index in [9.17, 15) is 9.59 Å². The van der Waals surface area contributed by atoms with Gasteiger partial charge in [-0.05, 0) is 25.0 Å². The number of carbonyl (C=O) groups is 2. The standard InChI is InChI=1S/C13H16N2O4/c1-18-10-4-2-3-9(14)12(10)13(17)19-7-11(16)15-8-5-6-8/h2-4,8H,5-7,14H2,1H3,(H,15,16). The number of carbonyl (C=O) groups excluding carboxylic acids is 2. The smallest absolute Gasteiger partial charge is 0.344 e. The summed E-state index contributed by atoms with van der Waals surface area (Å²) >= 11 is 0. The van der Waals surface area contributed by atoms with Crippen molar-refractivity contribution in [2.75, 3.05) is 19.5 Å². The molecule has 0 saturated heterocycles. The molecule has 0 bridgehead atoms. The Morgan fingerprint density at radius 1 is 1.42 bits per heavy atom. The van der Waals surface area contributed by atoms with Gasteiger partial charge in [0.2, 0.25) is 0 Å². The van der Waals surface area contributed by atoms with E-state index in [4.69, 9.17) is 15.2 Å². The lowest BCUT2D eigenvalue weighted by molar-refractivity contribution is -0.124. The summed E-state index contributed by atoms with van der Waals surface area (Å²) in [7, 11) is 1.44. The van der Waals surface area contributed by atoms with Gasteiger partial charge in [-0.15, -0.1) is 0 Å². The number of hydrogen-bond acceptors (Lipinski definition) is 5. The summed E-state index contributed by atoms with van der Waals surface area (Å²) < 4.78 is 9.98. The van der Waals surface area contributed by atoms with Crippen LogP contribution in [-0.2, 0) is 9.53 Å². The third-order valence-corrected chi connectivity index (χ3v) is 2.76. The largest absolute Gasteiger partial charge is 0.496 e. The van der Waals surface area contributed by atoms with Crippen LogP contribution < -0.4 is 15.8 Å². The van der Waals surface area contributed by atoms with Gasteiger partial charge in [-0.25, -0.2) is 4.79 Å². The zero-order valence-electron chi connectivity index (χ0n) is 10.6. The Morgan fingerprint density at radius 3 is 2.79 bits per heavy atom. The number of nitrogens with two attached hydrogens (primary N) is 1. The van der Waals surface area contributed by atoms with Gasteiger partial charge in [0.05, 0.1) is 7.11 Å². The van der Waals surface area contributed by atoms with E-state index in [-0.39, 0.29) is 29.8 Å². The number of hydrogen-bond donors (Lipinski definition) is 2. The molecule has 0 heterocycles. The number of nitrogens with one attached hydrogen (secondary N) is 1. The average molecular weight is 264 g/mol. The zero-order valence-corrected chi connectivity index (χ0v) is 10.6. The molecule has 1 aromatic carbocycles. The van der Waals surface area contributed by atoms with Crippen LogP contribution in [-0.4, -0.2) is 31.6 Å². The molecule has 0 aliphatic heterocycles. The summed E-state index contributed by atoms with van der Waals surface area (Å²) in [6.45, 7) is -0.313. The van der Waals surface area contributed by atoms with E-state index < -0.39 is 5.97 Å². The van der Waals surface area contributed by atoms with E-state index in [1.54, 1.807) is 18.2 Å². The topological polar surface area (TPSA) is 90.7 Å². The van der Waals surface area contributed by atoms with Crippen molar-refractivity contribution < 1.29 is 19.1 Å². The number of anilines is 1. The summed E-state index contributed by atoms with van der Waals surface area (Å²) in [4.78, 5) is 23.3. The van der Waals surface area contributed by atoms with Crippen molar-refractivity contribution in [3.8, 4) is 5.75 Å². The van der Waals surface area contributed by atoms with Crippen molar-refractivity contribution in [1.29, 1.82) is 0 Å². The van der Waals surface area contributed by atoms with Crippen LogP contribution in [0.15, 0.2) is 18.2 Å². The fourth-order valence-electron chi connectivity index (χ4n) is 1.64. The molecular formula is C13H16N2O4. The second kappa shape index (κ2) is 5.60. The monoisotopic (exact) mass is 264 g/mol. The highest BCUT2D eigenvalue weighted by atomic mass is 16.5. The van der Waals surface area contributed by atoms with Crippen LogP contribution in [0, 0.1) is 0 Å². The Kier molecular flexibility index (Phi) is 3.89. The first-order valence-corrected chi connectivity index (χ1v) is 6.00. The molecule has 6 nitrogen and oxygen atoms in total. The van der Waals surface area contributed by atoms with Crippen LogP contribution in [0.2, 0.25) is 0 Å². The van der Waals surface area contributed by atoms with Crippen molar-refractivity contribution in [3.63, 3.8) is 0 Å². The number of amides is 1. The highest BCUT2D eigenvalue weighted by Gasteiger charge is 2.24. The van der Waals surface area contributed by atoms with Gasteiger partial charge in [-0.3, -0.25) is 4.79 Å². The van der Waals surface area contributed by atoms with E-state index in [2.05, 4.69) is 5.32 Å². The quantitative estimate of drug-likeness (QED) is 0.604. The molecule has 1 amide bonds. The van der Waals surface area contributed by atoms with Gasteiger partial charge in [-0.1, -0.05) is 6.07 Å². The molecule has 102 valence electrons. The number of methoxy groups -OCH3 is 1. The maximum Gasteiger partial charge on any atom is 0.344 e. The number of rotatable bonds is 5. The Balaban J connectivity index is 1.97. The third kappa shape index (κ3) is 3.37. The van der Waals surface area contributed by atoms with E-state index >= 15 is 0 Å². The van der Waals surface area contributed by atoms with Crippen LogP contribution in [0.4, 0.5) is 5.69 Å². The fourth-order valence-corrected chi connectivity index (χ4v) is 1.64. The van der Waals surface area contributed by atoms with Gasteiger partial charge in [0.15, 0.2) is 6.61 Å². The van der Waals surface area contributed by atoms with Gasteiger partial charge in [0.25, 0.3) is 5.91 Å². The van der Waals surface area contributed by atoms with E-state index in [1.807, 2.05) is 0 Å². The van der Waals surface area contributed by atoms with E-state index in [0.29, 0.717) is 5.75 Å². The van der Waals surface area contributed by atoms with Gasteiger partial charge < -0.3 is 20.5 Å². The van der Waals surface area contributed by atoms with Gasteiger partial charge in [-0.2, -0.15) is 0 Å². The van der Waals surface area contributed by atoms with Crippen molar-refractivity contribution in [3.05, 3.63) is 23.8 Å². The third-order valence-electron chi connectivity index (χ3n) is 2.76. The summed E-state index contributed by atoms with van der Waals surface area (Å²) in [5, 5.41) is 2.73. The fraction of sp³-hybridized carbons (Fsp3) is 0.385. The molecule has 3 N–H and O–H groups in total. The molecule has 0 unspecified atom stereocenters. The molecular weight excluding hydrogens is 248 g/mol. The molecule has 0 atom stereocenters. The minimum atomic E-state index is -0.666. The highest BCUT2D eigenvalue weighted by molar-refractivity contribution is 5.99. The van der Waals surface area contributed by atoms with Crippen molar-refractivity contribution in [2.24, 2.45) is 0 Å². The van der Waals surface area contributed by atoms with Crippen LogP contribution in [0.5, 0.6) is 5.75 Å². The molecule has 1 fully saturated rings. The van der Waals surface area contributed by atoms with Crippen LogP contribution in [0.1, 0.15) is 23.2 Å². The number of esters is 1. The minimum absolute atomic E-state index is 0.143. The van der Waals surface area contributed by atoms with Crippen LogP contribution in [0.3, 0.4) is 0 Å². The van der Waals surface area contributed by atoms with Crippen LogP contribution >= 0.6 is 0 Å². The molecule has 6 heteroatoms. The predicted octanol–water partition coefficient (Wildman–Crippen LogP) is 0.713. The molecule has 19 heavy (non-hydrogen) atoms. The Bertz CT molecular complexity index is 497. The second-order valence-corrected chi connectivity index (χ2v) is 4.34. The predicted molar refractivity (Wildman–Crippen MR) is 68.9 cm³/mol. The Hall–Kier alpha value is -2.24. The Labute approximate surface area is 110 Å². The van der Waals surface area contributed by atoms with E-state index in [0.717, 1.165) is 12.8 Å². The van der Waals surface area contributed by atoms with Crippen molar-refractivity contribution in [2.45, 2.75) is 18.9 Å². The maximum atomic E-state index is 11.9. The Morgan fingerprint density at radius 2 is 2.16 bits per heavy atom. The summed E-state index contributed by atoms with van der Waals surface area (Å²) in [6, 6.07) is 5.09. The molecule has 1 aliphatic rings. The molecule has 0 spiro atoms. The lowest BCUT2D eigenvalue weighted by atomic mass is 10.1. The molecule has 1 saturated carbocycles. The van der Waals surface area contributed by atoms with Crippen molar-refractivity contribution in [1.82, 2.24) is 5.32 Å². The number of benzene rings is 1. The van der Waals surface area contributed by atoms with Crippen LogP contribution in [0.25, 0.3) is 0 Å². The number of ether oxygens (including phenoxy) is 2. The zero-order chi connectivity index (χ0) is 13.8. The highest BCUT2D eigenvalue weighted by Crippen LogP contribution is 2.24. The molecule has 1 aromatic rings. The first-order valence-electron chi connectivity index (χ1n) is 6.00. The molecule has 0 aromatic heterocycles. The van der Waals surface area contributed by atoms with Gasteiger partial charge >= 0.3 is 5.97 Å². The van der Waals surface area contributed by atoms with Gasteiger partial charge in [0, 0.05) is 11.7 Å². The SMILES string of the molecule is COc1cccc(N)c1C(=O)OCC(=O)NC1CC1. The summed E-state index contributed by atoms with van der Waals surface area (Å²) in [5.41, 5.74) is 6.11. The molecule has 2 rings (SSSR count). The normalized spacial score (nSPS) is 13.7. The summed E-state index contributed by atoms with van der Waals surface area (Å²) in [5.74, 6) is -0.641. The first-order chi connectivity index (χ1) is 9.11. The average Bonchev–Trinajstić information content (AvgIpc) is 3.19. The first kappa shape index (κ1) is 13.2. The maximum absolute atomic E-state index is 11.9. The lowest BCUT2D eigenvalue weighted by Gasteiger charge is -2.10. The number of nitrogen functional groups attached to an aromatic ring is 1. The lowest BCUT2D eigenvalue weighted by Crippen LogP contribution is -2.30. The summed E-state index contributed by atoms with van der Waals surface area (Å²) in [6.07, 6.45) is 1.97. The van der Waals surface area contributed by atoms with Crippen molar-refractivity contribution >= 4 is 17.6 Å². The molecule has 0 radical (unpaired) electrons. The molecule has 1 aliphatic carbocycles. The van der Waals surface area contributed by atoms with Gasteiger partial charge in [0.1, 0.15) is 11.3 Å². The minimum Gasteiger partial charge on any atom is -0.496 e. The van der Waals surface area contributed by atoms with E-state index in [1.165, 1.54) is 7.11 Å². The second-order valence-electron chi connectivity index (χ2n) is 4.34.